The molecular formula is C12H14F3O5S. The number of ether oxygens (including phenoxy) is 1. The van der Waals surface area contributed by atoms with Gasteiger partial charge in [0.25, 0.3) is 0 Å². The summed E-state index contributed by atoms with van der Waals surface area (Å²) in [4.78, 5) is 11.6. The first-order valence-corrected chi connectivity index (χ1v) is 7.51. The molecule has 0 aromatic heterocycles. The SMILES string of the molecule is CCCCOC(=O)C1=CC(OS(=O)(=O)C(F)(F)F)=CC[CH]1. The Kier molecular flexibility index (Phi) is 5.82. The molecule has 0 aromatic rings. The Labute approximate surface area is 120 Å². The Bertz CT molecular complexity index is 546. The summed E-state index contributed by atoms with van der Waals surface area (Å²) in [5.41, 5.74) is -5.56. The van der Waals surface area contributed by atoms with Crippen molar-refractivity contribution in [1.29, 1.82) is 0 Å². The van der Waals surface area contributed by atoms with Gasteiger partial charge in [-0.2, -0.15) is 21.6 Å². The van der Waals surface area contributed by atoms with Crippen molar-refractivity contribution in [1.82, 2.24) is 0 Å². The monoisotopic (exact) mass is 327 g/mol. The lowest BCUT2D eigenvalue weighted by Gasteiger charge is -2.14. The normalized spacial score (nSPS) is 16.0. The Morgan fingerprint density at radius 3 is 2.62 bits per heavy atom. The zero-order chi connectivity index (χ0) is 16.1. The van der Waals surface area contributed by atoms with Crippen molar-refractivity contribution in [3.63, 3.8) is 0 Å². The molecule has 1 aliphatic carbocycles. The molecule has 5 nitrogen and oxygen atoms in total. The van der Waals surface area contributed by atoms with Gasteiger partial charge in [-0.25, -0.2) is 4.79 Å². The van der Waals surface area contributed by atoms with Gasteiger partial charge >= 0.3 is 21.6 Å². The fourth-order valence-corrected chi connectivity index (χ4v) is 1.80. The summed E-state index contributed by atoms with van der Waals surface area (Å²) in [6.07, 6.45) is 4.96. The lowest BCUT2D eigenvalue weighted by Crippen LogP contribution is -2.25. The summed E-state index contributed by atoms with van der Waals surface area (Å²) in [6, 6.07) is 0. The van der Waals surface area contributed by atoms with Gasteiger partial charge in [-0.15, -0.1) is 0 Å². The minimum Gasteiger partial charge on any atom is -0.462 e. The number of hydrogen-bond donors (Lipinski definition) is 0. The number of carbonyl (C=O) groups is 1. The summed E-state index contributed by atoms with van der Waals surface area (Å²) in [6.45, 7) is 2.08. The summed E-state index contributed by atoms with van der Waals surface area (Å²) < 4.78 is 67.1. The number of rotatable bonds is 6. The molecule has 0 bridgehead atoms. The Hall–Kier alpha value is -1.51. The molecule has 0 amide bonds. The molecular weight excluding hydrogens is 313 g/mol. The second-order valence-corrected chi connectivity index (χ2v) is 5.66. The van der Waals surface area contributed by atoms with E-state index in [1.165, 1.54) is 6.42 Å². The fraction of sp³-hybridized carbons (Fsp3) is 0.500. The number of hydrogen-bond acceptors (Lipinski definition) is 5. The molecule has 0 unspecified atom stereocenters. The van der Waals surface area contributed by atoms with E-state index in [-0.39, 0.29) is 18.6 Å². The van der Waals surface area contributed by atoms with Gasteiger partial charge in [0, 0.05) is 12.0 Å². The van der Waals surface area contributed by atoms with Crippen LogP contribution in [0.5, 0.6) is 0 Å². The van der Waals surface area contributed by atoms with E-state index in [0.717, 1.165) is 18.6 Å². The first-order valence-electron chi connectivity index (χ1n) is 6.10. The molecule has 9 heteroatoms. The van der Waals surface area contributed by atoms with E-state index < -0.39 is 27.4 Å². The topological polar surface area (TPSA) is 69.7 Å². The van der Waals surface area contributed by atoms with Gasteiger partial charge in [0.2, 0.25) is 0 Å². The maximum Gasteiger partial charge on any atom is 0.534 e. The number of alkyl halides is 3. The first kappa shape index (κ1) is 17.5. The number of esters is 1. The van der Waals surface area contributed by atoms with Crippen LogP contribution >= 0.6 is 0 Å². The predicted molar refractivity (Wildman–Crippen MR) is 67.0 cm³/mol. The zero-order valence-electron chi connectivity index (χ0n) is 11.1. The zero-order valence-corrected chi connectivity index (χ0v) is 12.0. The molecule has 1 aliphatic rings. The van der Waals surface area contributed by atoms with Crippen molar-refractivity contribution >= 4 is 16.1 Å². The first-order chi connectivity index (χ1) is 9.67. The van der Waals surface area contributed by atoms with Crippen molar-refractivity contribution in [3.8, 4) is 0 Å². The Balaban J connectivity index is 2.74. The van der Waals surface area contributed by atoms with E-state index in [1.807, 2.05) is 6.92 Å². The van der Waals surface area contributed by atoms with Crippen LogP contribution in [0.1, 0.15) is 26.2 Å². The Morgan fingerprint density at radius 2 is 2.05 bits per heavy atom. The van der Waals surface area contributed by atoms with Crippen LogP contribution in [0.25, 0.3) is 0 Å². The van der Waals surface area contributed by atoms with E-state index in [4.69, 9.17) is 4.74 Å². The van der Waals surface area contributed by atoms with Gasteiger partial charge in [0.15, 0.2) is 0 Å². The standard InChI is InChI=1S/C12H14F3O5S/c1-2-3-7-19-11(16)9-5-4-6-10(8-9)20-21(17,18)12(13,14)15/h5-6,8H,2-4,7H2,1H3. The molecule has 0 saturated heterocycles. The molecule has 21 heavy (non-hydrogen) atoms. The van der Waals surface area contributed by atoms with Crippen molar-refractivity contribution in [3.05, 3.63) is 29.9 Å². The molecule has 0 saturated carbocycles. The largest absolute Gasteiger partial charge is 0.534 e. The van der Waals surface area contributed by atoms with Crippen molar-refractivity contribution in [2.75, 3.05) is 6.61 Å². The van der Waals surface area contributed by atoms with Crippen LogP contribution in [-0.2, 0) is 23.8 Å². The van der Waals surface area contributed by atoms with Gasteiger partial charge < -0.3 is 8.92 Å². The summed E-state index contributed by atoms with van der Waals surface area (Å²) in [5.74, 6) is -1.29. The quantitative estimate of drug-likeness (QED) is 0.325. The number of carbonyl (C=O) groups excluding carboxylic acids is 1. The summed E-state index contributed by atoms with van der Waals surface area (Å²) >= 11 is 0. The lowest BCUT2D eigenvalue weighted by atomic mass is 10.0. The van der Waals surface area contributed by atoms with E-state index in [0.29, 0.717) is 6.42 Å². The van der Waals surface area contributed by atoms with Crippen molar-refractivity contribution in [2.45, 2.75) is 31.7 Å². The van der Waals surface area contributed by atoms with Crippen molar-refractivity contribution in [2.24, 2.45) is 0 Å². The average Bonchev–Trinajstić information content (AvgIpc) is 2.37. The molecule has 119 valence electrons. The highest BCUT2D eigenvalue weighted by molar-refractivity contribution is 7.87. The third-order valence-electron chi connectivity index (χ3n) is 2.41. The number of allylic oxidation sites excluding steroid dienone is 2. The van der Waals surface area contributed by atoms with Gasteiger partial charge in [0.1, 0.15) is 5.76 Å². The van der Waals surface area contributed by atoms with E-state index in [1.54, 1.807) is 0 Å². The number of halogens is 3. The highest BCUT2D eigenvalue weighted by Crippen LogP contribution is 2.29. The fourth-order valence-electron chi connectivity index (χ4n) is 1.34. The van der Waals surface area contributed by atoms with Crippen LogP contribution in [-0.4, -0.2) is 26.5 Å². The minimum absolute atomic E-state index is 0.0408. The maximum absolute atomic E-state index is 12.2. The molecule has 1 radical (unpaired) electrons. The van der Waals surface area contributed by atoms with E-state index >= 15 is 0 Å². The van der Waals surface area contributed by atoms with Gasteiger partial charge in [-0.05, 0) is 25.0 Å². The van der Waals surface area contributed by atoms with Gasteiger partial charge in [-0.1, -0.05) is 13.3 Å². The van der Waals surface area contributed by atoms with Gasteiger partial charge in [0.05, 0.1) is 6.61 Å². The molecule has 0 atom stereocenters. The molecule has 0 heterocycles. The molecule has 0 N–H and O–H groups in total. The van der Waals surface area contributed by atoms with Crippen LogP contribution in [0, 0.1) is 6.42 Å². The van der Waals surface area contributed by atoms with Crippen LogP contribution in [0.15, 0.2) is 23.5 Å². The second-order valence-electron chi connectivity index (χ2n) is 4.12. The van der Waals surface area contributed by atoms with Crippen LogP contribution in [0.2, 0.25) is 0 Å². The smallest absolute Gasteiger partial charge is 0.462 e. The van der Waals surface area contributed by atoms with E-state index in [9.17, 15) is 26.4 Å². The second kappa shape index (κ2) is 6.97. The third-order valence-corrected chi connectivity index (χ3v) is 3.39. The Morgan fingerprint density at radius 1 is 1.38 bits per heavy atom. The van der Waals surface area contributed by atoms with Crippen molar-refractivity contribution < 1.29 is 35.3 Å². The predicted octanol–water partition coefficient (Wildman–Crippen LogP) is 2.61. The highest BCUT2D eigenvalue weighted by Gasteiger charge is 2.48. The average molecular weight is 327 g/mol. The number of unbranched alkanes of at least 4 members (excludes halogenated alkanes) is 1. The lowest BCUT2D eigenvalue weighted by molar-refractivity contribution is -0.138. The third kappa shape index (κ3) is 5.07. The molecule has 0 aliphatic heterocycles. The molecule has 0 aromatic carbocycles. The molecule has 0 spiro atoms. The van der Waals surface area contributed by atoms with Crippen LogP contribution < -0.4 is 0 Å². The van der Waals surface area contributed by atoms with Gasteiger partial charge in [-0.3, -0.25) is 0 Å². The molecule has 0 fully saturated rings. The van der Waals surface area contributed by atoms with Crippen LogP contribution in [0.4, 0.5) is 13.2 Å². The summed E-state index contributed by atoms with van der Waals surface area (Å²) in [5, 5.41) is 0. The van der Waals surface area contributed by atoms with Crippen LogP contribution in [0.3, 0.4) is 0 Å². The van der Waals surface area contributed by atoms with E-state index in [2.05, 4.69) is 4.18 Å². The summed E-state index contributed by atoms with van der Waals surface area (Å²) in [7, 11) is -5.75. The maximum atomic E-state index is 12.2. The minimum atomic E-state index is -5.75. The molecule has 1 rings (SSSR count). The highest BCUT2D eigenvalue weighted by atomic mass is 32.2.